The Bertz CT molecular complexity index is 490. The lowest BCUT2D eigenvalue weighted by Crippen LogP contribution is -2.08. The van der Waals surface area contributed by atoms with Crippen molar-refractivity contribution in [1.82, 2.24) is 20.3 Å². The molecule has 0 aliphatic heterocycles. The van der Waals surface area contributed by atoms with Gasteiger partial charge in [0.15, 0.2) is 0 Å². The number of hydrogen-bond donors (Lipinski definition) is 1. The molecule has 0 fully saturated rings. The minimum atomic E-state index is 0.722. The van der Waals surface area contributed by atoms with Crippen LogP contribution in [-0.4, -0.2) is 22.0 Å². The Kier molecular flexibility index (Phi) is 3.76. The first kappa shape index (κ1) is 12.1. The maximum absolute atomic E-state index is 5.85. The second-order valence-electron chi connectivity index (χ2n) is 3.94. The van der Waals surface area contributed by atoms with E-state index in [0.29, 0.717) is 0 Å². The van der Waals surface area contributed by atoms with E-state index in [1.807, 2.05) is 42.9 Å². The molecule has 0 unspecified atom stereocenters. The fraction of sp³-hybridized carbons (Fsp3) is 0.333. The van der Waals surface area contributed by atoms with Crippen LogP contribution >= 0.6 is 11.6 Å². The monoisotopic (exact) mass is 250 g/mol. The molecule has 2 aromatic rings. The molecule has 0 amide bonds. The third-order valence-electron chi connectivity index (χ3n) is 2.67. The minimum absolute atomic E-state index is 0.722. The van der Waals surface area contributed by atoms with Crippen molar-refractivity contribution in [3.05, 3.63) is 46.2 Å². The third kappa shape index (κ3) is 2.84. The zero-order chi connectivity index (χ0) is 12.3. The van der Waals surface area contributed by atoms with Crippen molar-refractivity contribution in [2.75, 3.05) is 7.05 Å². The van der Waals surface area contributed by atoms with Crippen molar-refractivity contribution < 1.29 is 0 Å². The molecule has 0 atom stereocenters. The van der Waals surface area contributed by atoms with E-state index < -0.39 is 0 Å². The molecule has 1 aromatic carbocycles. The van der Waals surface area contributed by atoms with E-state index in [1.165, 1.54) is 5.56 Å². The van der Waals surface area contributed by atoms with Gasteiger partial charge in [-0.1, -0.05) is 28.9 Å². The molecule has 90 valence electrons. The second kappa shape index (κ2) is 5.29. The normalized spacial score (nSPS) is 10.8. The van der Waals surface area contributed by atoms with Crippen LogP contribution in [0.4, 0.5) is 0 Å². The molecule has 2 rings (SSSR count). The number of nitrogens with one attached hydrogen (secondary N) is 1. The Balaban J connectivity index is 2.16. The third-order valence-corrected chi connectivity index (χ3v) is 2.92. The molecule has 4 nitrogen and oxygen atoms in total. The molecular formula is C12H15ClN4. The summed E-state index contributed by atoms with van der Waals surface area (Å²) >= 11 is 5.85. The van der Waals surface area contributed by atoms with Gasteiger partial charge in [0.1, 0.15) is 0 Å². The van der Waals surface area contributed by atoms with Crippen LogP contribution in [0.3, 0.4) is 0 Å². The van der Waals surface area contributed by atoms with Gasteiger partial charge in [-0.2, -0.15) is 0 Å². The summed E-state index contributed by atoms with van der Waals surface area (Å²) in [5.74, 6) is 0. The topological polar surface area (TPSA) is 42.7 Å². The highest BCUT2D eigenvalue weighted by atomic mass is 35.5. The lowest BCUT2D eigenvalue weighted by molar-refractivity contribution is 0.633. The van der Waals surface area contributed by atoms with Gasteiger partial charge in [0.25, 0.3) is 0 Å². The second-order valence-corrected chi connectivity index (χ2v) is 4.37. The summed E-state index contributed by atoms with van der Waals surface area (Å²) in [5, 5.41) is 12.1. The predicted octanol–water partition coefficient (Wildman–Crippen LogP) is 2.01. The van der Waals surface area contributed by atoms with Crippen molar-refractivity contribution in [3.8, 4) is 0 Å². The maximum Gasteiger partial charge on any atom is 0.0993 e. The molecule has 5 heteroatoms. The van der Waals surface area contributed by atoms with Crippen molar-refractivity contribution in [2.45, 2.75) is 20.0 Å². The number of nitrogens with zero attached hydrogens (tertiary/aromatic N) is 3. The number of rotatable bonds is 4. The van der Waals surface area contributed by atoms with Crippen LogP contribution in [-0.2, 0) is 13.1 Å². The van der Waals surface area contributed by atoms with Crippen LogP contribution in [0.5, 0.6) is 0 Å². The van der Waals surface area contributed by atoms with Crippen molar-refractivity contribution in [2.24, 2.45) is 0 Å². The number of hydrogen-bond acceptors (Lipinski definition) is 3. The van der Waals surface area contributed by atoms with Crippen LogP contribution in [0.2, 0.25) is 5.02 Å². The van der Waals surface area contributed by atoms with E-state index in [0.717, 1.165) is 29.5 Å². The summed E-state index contributed by atoms with van der Waals surface area (Å²) in [6.07, 6.45) is 0. The van der Waals surface area contributed by atoms with Gasteiger partial charge in [-0.25, -0.2) is 4.68 Å². The van der Waals surface area contributed by atoms with Gasteiger partial charge < -0.3 is 5.32 Å². The van der Waals surface area contributed by atoms with E-state index in [4.69, 9.17) is 11.6 Å². The molecule has 1 N–H and O–H groups in total. The molecule has 0 aliphatic rings. The Hall–Kier alpha value is -1.39. The number of halogens is 1. The van der Waals surface area contributed by atoms with E-state index in [1.54, 1.807) is 0 Å². The molecule has 0 bridgehead atoms. The highest BCUT2D eigenvalue weighted by molar-refractivity contribution is 6.30. The lowest BCUT2D eigenvalue weighted by Gasteiger charge is -2.04. The van der Waals surface area contributed by atoms with Gasteiger partial charge in [-0.15, -0.1) is 5.10 Å². The van der Waals surface area contributed by atoms with E-state index >= 15 is 0 Å². The summed E-state index contributed by atoms with van der Waals surface area (Å²) < 4.78 is 1.90. The standard InChI is InChI=1S/C12H15ClN4/c1-9-12(7-14-2)15-16-17(9)8-10-3-5-11(13)6-4-10/h3-6,14H,7-8H2,1-2H3. The van der Waals surface area contributed by atoms with Crippen LogP contribution in [0.1, 0.15) is 17.0 Å². The average molecular weight is 251 g/mol. The van der Waals surface area contributed by atoms with Gasteiger partial charge >= 0.3 is 0 Å². The Morgan fingerprint density at radius 2 is 2.00 bits per heavy atom. The van der Waals surface area contributed by atoms with E-state index in [2.05, 4.69) is 15.6 Å². The predicted molar refractivity (Wildman–Crippen MR) is 68.1 cm³/mol. The molecule has 0 saturated carbocycles. The molecule has 0 aliphatic carbocycles. The summed E-state index contributed by atoms with van der Waals surface area (Å²) in [7, 11) is 1.90. The SMILES string of the molecule is CNCc1nnn(Cc2ccc(Cl)cc2)c1C. The summed E-state index contributed by atoms with van der Waals surface area (Å²) in [4.78, 5) is 0. The first-order valence-corrected chi connectivity index (χ1v) is 5.86. The molecule has 1 heterocycles. The maximum atomic E-state index is 5.85. The Morgan fingerprint density at radius 1 is 1.29 bits per heavy atom. The van der Waals surface area contributed by atoms with Crippen LogP contribution in [0, 0.1) is 6.92 Å². The van der Waals surface area contributed by atoms with Gasteiger partial charge in [0, 0.05) is 11.6 Å². The first-order chi connectivity index (χ1) is 8.20. The number of aromatic nitrogens is 3. The average Bonchev–Trinajstić information content (AvgIpc) is 2.65. The van der Waals surface area contributed by atoms with Gasteiger partial charge in [0.05, 0.1) is 17.9 Å². The van der Waals surface area contributed by atoms with Crippen molar-refractivity contribution >= 4 is 11.6 Å². The van der Waals surface area contributed by atoms with Crippen LogP contribution in [0.15, 0.2) is 24.3 Å². The molecule has 0 spiro atoms. The molecule has 0 radical (unpaired) electrons. The van der Waals surface area contributed by atoms with Crippen molar-refractivity contribution in [1.29, 1.82) is 0 Å². The summed E-state index contributed by atoms with van der Waals surface area (Å²) in [6.45, 7) is 3.49. The van der Waals surface area contributed by atoms with E-state index in [9.17, 15) is 0 Å². The Labute approximate surface area is 106 Å². The van der Waals surface area contributed by atoms with Crippen LogP contribution < -0.4 is 5.32 Å². The number of benzene rings is 1. The first-order valence-electron chi connectivity index (χ1n) is 5.48. The smallest absolute Gasteiger partial charge is 0.0993 e. The molecular weight excluding hydrogens is 236 g/mol. The fourth-order valence-corrected chi connectivity index (χ4v) is 1.77. The largest absolute Gasteiger partial charge is 0.314 e. The zero-order valence-electron chi connectivity index (χ0n) is 9.94. The molecule has 1 aromatic heterocycles. The summed E-state index contributed by atoms with van der Waals surface area (Å²) in [5.41, 5.74) is 3.24. The molecule has 0 saturated heterocycles. The van der Waals surface area contributed by atoms with Gasteiger partial charge in [-0.05, 0) is 31.7 Å². The van der Waals surface area contributed by atoms with Gasteiger partial charge in [-0.3, -0.25) is 0 Å². The van der Waals surface area contributed by atoms with Crippen molar-refractivity contribution in [3.63, 3.8) is 0 Å². The van der Waals surface area contributed by atoms with Crippen LogP contribution in [0.25, 0.3) is 0 Å². The van der Waals surface area contributed by atoms with E-state index in [-0.39, 0.29) is 0 Å². The minimum Gasteiger partial charge on any atom is -0.314 e. The quantitative estimate of drug-likeness (QED) is 0.903. The zero-order valence-corrected chi connectivity index (χ0v) is 10.7. The lowest BCUT2D eigenvalue weighted by atomic mass is 10.2. The Morgan fingerprint density at radius 3 is 2.65 bits per heavy atom. The molecule has 17 heavy (non-hydrogen) atoms. The fourth-order valence-electron chi connectivity index (χ4n) is 1.64. The summed E-state index contributed by atoms with van der Waals surface area (Å²) in [6, 6.07) is 7.78. The highest BCUT2D eigenvalue weighted by Gasteiger charge is 2.07. The van der Waals surface area contributed by atoms with Gasteiger partial charge in [0.2, 0.25) is 0 Å². The highest BCUT2D eigenvalue weighted by Crippen LogP contribution is 2.12.